The first-order valence-corrected chi connectivity index (χ1v) is 3.66. The first kappa shape index (κ1) is 12.5. The number of hydrogen-bond acceptors (Lipinski definition) is 5. The molecule has 0 aliphatic carbocycles. The normalized spacial score (nSPS) is 10.2. The number of hydrogen-bond donors (Lipinski definition) is 2. The zero-order chi connectivity index (χ0) is 10.8. The smallest absolute Gasteiger partial charge is 0.385 e. The monoisotopic (exact) mass is 198 g/mol. The standard InChI is InChI=1S/C9H10O5/c1-13-8(11)5-3-7-14-9(12)4-2-6-10/h8,10-11H,6-7H2,1H3. The molecule has 0 amide bonds. The Morgan fingerprint density at radius 1 is 1.50 bits per heavy atom. The highest BCUT2D eigenvalue weighted by molar-refractivity contribution is 5.88. The molecule has 0 aromatic carbocycles. The Morgan fingerprint density at radius 3 is 2.79 bits per heavy atom. The molecule has 0 fully saturated rings. The van der Waals surface area contributed by atoms with E-state index in [-0.39, 0.29) is 6.61 Å². The summed E-state index contributed by atoms with van der Waals surface area (Å²) in [5.74, 6) is 7.95. The van der Waals surface area contributed by atoms with Gasteiger partial charge in [-0.25, -0.2) is 4.79 Å². The lowest BCUT2D eigenvalue weighted by Crippen LogP contribution is -2.06. The lowest BCUT2D eigenvalue weighted by atomic mass is 10.5. The van der Waals surface area contributed by atoms with E-state index in [0.29, 0.717) is 0 Å². The van der Waals surface area contributed by atoms with Crippen LogP contribution in [-0.2, 0) is 14.3 Å². The first-order chi connectivity index (χ1) is 6.70. The van der Waals surface area contributed by atoms with E-state index in [4.69, 9.17) is 10.2 Å². The highest BCUT2D eigenvalue weighted by atomic mass is 16.6. The number of carbonyl (C=O) groups is 1. The van der Waals surface area contributed by atoms with Crippen molar-refractivity contribution >= 4 is 5.97 Å². The molecule has 0 heterocycles. The second-order valence-electron chi connectivity index (χ2n) is 1.95. The topological polar surface area (TPSA) is 76.0 Å². The van der Waals surface area contributed by atoms with Crippen molar-refractivity contribution in [3.05, 3.63) is 0 Å². The Kier molecular flexibility index (Phi) is 7.20. The van der Waals surface area contributed by atoms with Gasteiger partial charge in [-0.15, -0.1) is 0 Å². The molecule has 0 rings (SSSR count). The van der Waals surface area contributed by atoms with Gasteiger partial charge in [0.25, 0.3) is 0 Å². The van der Waals surface area contributed by atoms with Gasteiger partial charge in [0.05, 0.1) is 0 Å². The van der Waals surface area contributed by atoms with Crippen molar-refractivity contribution in [2.24, 2.45) is 0 Å². The number of aliphatic hydroxyl groups is 2. The Balaban J connectivity index is 3.72. The van der Waals surface area contributed by atoms with Crippen LogP contribution in [0.15, 0.2) is 0 Å². The Morgan fingerprint density at radius 2 is 2.21 bits per heavy atom. The van der Waals surface area contributed by atoms with Crippen LogP contribution in [0, 0.1) is 23.7 Å². The van der Waals surface area contributed by atoms with E-state index in [0.717, 1.165) is 0 Å². The van der Waals surface area contributed by atoms with Crippen LogP contribution in [0.1, 0.15) is 0 Å². The molecule has 0 bridgehead atoms. The Labute approximate surface area is 81.6 Å². The van der Waals surface area contributed by atoms with E-state index in [1.807, 2.05) is 5.92 Å². The average molecular weight is 198 g/mol. The van der Waals surface area contributed by atoms with Gasteiger partial charge in [-0.3, -0.25) is 0 Å². The summed E-state index contributed by atoms with van der Waals surface area (Å²) in [5.41, 5.74) is 0. The molecular weight excluding hydrogens is 188 g/mol. The maximum atomic E-state index is 10.6. The molecule has 14 heavy (non-hydrogen) atoms. The molecule has 76 valence electrons. The maximum Gasteiger partial charge on any atom is 0.385 e. The molecule has 1 atom stereocenters. The van der Waals surface area contributed by atoms with Gasteiger partial charge in [0.2, 0.25) is 6.29 Å². The van der Waals surface area contributed by atoms with Crippen molar-refractivity contribution in [1.82, 2.24) is 0 Å². The van der Waals surface area contributed by atoms with Crippen LogP contribution in [0.25, 0.3) is 0 Å². The lowest BCUT2D eigenvalue weighted by molar-refractivity contribution is -0.135. The van der Waals surface area contributed by atoms with Crippen LogP contribution in [0.2, 0.25) is 0 Å². The molecule has 5 heteroatoms. The predicted octanol–water partition coefficient (Wildman–Crippen LogP) is -1.51. The molecule has 2 N–H and O–H groups in total. The van der Waals surface area contributed by atoms with Gasteiger partial charge in [0, 0.05) is 13.0 Å². The zero-order valence-corrected chi connectivity index (χ0v) is 7.61. The molecule has 5 nitrogen and oxygen atoms in total. The first-order valence-electron chi connectivity index (χ1n) is 3.66. The summed E-state index contributed by atoms with van der Waals surface area (Å²) in [4.78, 5) is 10.6. The molecule has 0 radical (unpaired) electrons. The summed E-state index contributed by atoms with van der Waals surface area (Å²) >= 11 is 0. The molecule has 0 spiro atoms. The molecule has 0 saturated heterocycles. The van der Waals surface area contributed by atoms with Crippen molar-refractivity contribution in [2.45, 2.75) is 6.29 Å². The van der Waals surface area contributed by atoms with Crippen LogP contribution in [0.4, 0.5) is 0 Å². The van der Waals surface area contributed by atoms with Gasteiger partial charge in [-0.1, -0.05) is 11.8 Å². The third-order valence-electron chi connectivity index (χ3n) is 0.994. The van der Waals surface area contributed by atoms with Crippen LogP contribution in [0.5, 0.6) is 0 Å². The highest BCUT2D eigenvalue weighted by Gasteiger charge is 1.94. The molecule has 0 aromatic heterocycles. The van der Waals surface area contributed by atoms with Gasteiger partial charge in [-0.05, 0) is 5.92 Å². The molecule has 0 aromatic rings. The van der Waals surface area contributed by atoms with Crippen molar-refractivity contribution in [1.29, 1.82) is 0 Å². The minimum atomic E-state index is -1.18. The largest absolute Gasteiger partial charge is 0.443 e. The fourth-order valence-corrected chi connectivity index (χ4v) is 0.437. The van der Waals surface area contributed by atoms with Gasteiger partial charge in [-0.2, -0.15) is 0 Å². The molecule has 0 aliphatic heterocycles. The summed E-state index contributed by atoms with van der Waals surface area (Å²) in [6, 6.07) is 0. The van der Waals surface area contributed by atoms with Crippen molar-refractivity contribution < 1.29 is 24.5 Å². The van der Waals surface area contributed by atoms with Crippen molar-refractivity contribution in [3.63, 3.8) is 0 Å². The summed E-state index contributed by atoms with van der Waals surface area (Å²) in [6.07, 6.45) is -1.18. The highest BCUT2D eigenvalue weighted by Crippen LogP contribution is 1.79. The number of methoxy groups -OCH3 is 1. The molecular formula is C9H10O5. The molecule has 1 unspecified atom stereocenters. The quantitative estimate of drug-likeness (QED) is 0.244. The van der Waals surface area contributed by atoms with Crippen LogP contribution in [0.3, 0.4) is 0 Å². The second-order valence-corrected chi connectivity index (χ2v) is 1.95. The average Bonchev–Trinajstić information content (AvgIpc) is 2.21. The maximum absolute atomic E-state index is 10.6. The number of ether oxygens (including phenoxy) is 2. The van der Waals surface area contributed by atoms with E-state index in [1.54, 1.807) is 0 Å². The lowest BCUT2D eigenvalue weighted by Gasteiger charge is -1.96. The molecule has 0 aliphatic rings. The minimum Gasteiger partial charge on any atom is -0.443 e. The van der Waals surface area contributed by atoms with E-state index < -0.39 is 18.9 Å². The van der Waals surface area contributed by atoms with Gasteiger partial charge in [0.1, 0.15) is 6.61 Å². The third kappa shape index (κ3) is 7.14. The number of carbonyl (C=O) groups excluding carboxylic acids is 1. The van der Waals surface area contributed by atoms with Crippen LogP contribution >= 0.6 is 0 Å². The summed E-state index contributed by atoms with van der Waals surface area (Å²) in [7, 11) is 1.29. The third-order valence-corrected chi connectivity index (χ3v) is 0.994. The van der Waals surface area contributed by atoms with Crippen LogP contribution in [-0.4, -0.2) is 42.8 Å². The Bertz CT molecular complexity index is 288. The van der Waals surface area contributed by atoms with E-state index in [9.17, 15) is 4.79 Å². The number of esters is 1. The summed E-state index contributed by atoms with van der Waals surface area (Å²) in [6.45, 7) is -0.581. The Hall–Kier alpha value is -1.53. The van der Waals surface area contributed by atoms with E-state index in [1.165, 1.54) is 7.11 Å². The predicted molar refractivity (Wildman–Crippen MR) is 46.6 cm³/mol. The SMILES string of the molecule is COC(O)C#CCOC(=O)C#CCO. The minimum absolute atomic E-state index is 0.181. The second kappa shape index (κ2) is 8.09. The fourth-order valence-electron chi connectivity index (χ4n) is 0.437. The van der Waals surface area contributed by atoms with Gasteiger partial charge in [0.15, 0.2) is 6.61 Å². The zero-order valence-electron chi connectivity index (χ0n) is 7.61. The van der Waals surface area contributed by atoms with E-state index in [2.05, 4.69) is 27.2 Å². The number of aliphatic hydroxyl groups excluding tert-OH is 2. The molecule has 0 saturated carbocycles. The van der Waals surface area contributed by atoms with Crippen molar-refractivity contribution in [3.8, 4) is 23.7 Å². The van der Waals surface area contributed by atoms with Gasteiger partial charge < -0.3 is 19.7 Å². The fraction of sp³-hybridized carbons (Fsp3) is 0.444. The van der Waals surface area contributed by atoms with Crippen LogP contribution < -0.4 is 0 Å². The summed E-state index contributed by atoms with van der Waals surface area (Å²) in [5, 5.41) is 17.0. The van der Waals surface area contributed by atoms with Gasteiger partial charge >= 0.3 is 5.97 Å². The van der Waals surface area contributed by atoms with Crippen molar-refractivity contribution in [2.75, 3.05) is 20.3 Å². The number of rotatable bonds is 2. The summed E-state index contributed by atoms with van der Waals surface area (Å²) < 4.78 is 8.88. The van der Waals surface area contributed by atoms with E-state index >= 15 is 0 Å².